The van der Waals surface area contributed by atoms with E-state index in [0.717, 1.165) is 17.0 Å². The Morgan fingerprint density at radius 2 is 1.43 bits per heavy atom. The van der Waals surface area contributed by atoms with Gasteiger partial charge in [0, 0.05) is 23.9 Å². The van der Waals surface area contributed by atoms with Crippen molar-refractivity contribution < 1.29 is 18.9 Å². The largest absolute Gasteiger partial charge is 0.493 e. The molecule has 0 spiro atoms. The molecule has 0 aromatic heterocycles. The summed E-state index contributed by atoms with van der Waals surface area (Å²) in [6.45, 7) is 1.92. The number of hydrazone groups is 1. The molecular formula is C20H25N3O4S. The molecule has 0 aliphatic carbocycles. The van der Waals surface area contributed by atoms with Gasteiger partial charge in [0.15, 0.2) is 28.1 Å². The molecule has 0 atom stereocenters. The van der Waals surface area contributed by atoms with Crippen LogP contribution in [-0.4, -0.2) is 39.3 Å². The van der Waals surface area contributed by atoms with Crippen LogP contribution in [0.15, 0.2) is 41.5 Å². The summed E-state index contributed by atoms with van der Waals surface area (Å²) in [7, 11) is 6.40. The molecule has 0 saturated heterocycles. The fraction of sp³-hybridized carbons (Fsp3) is 0.300. The molecule has 0 aliphatic rings. The quantitative estimate of drug-likeness (QED) is 0.396. The maximum atomic E-state index is 5.33. The van der Waals surface area contributed by atoms with E-state index in [1.807, 2.05) is 31.2 Å². The van der Waals surface area contributed by atoms with E-state index in [0.29, 0.717) is 34.5 Å². The summed E-state index contributed by atoms with van der Waals surface area (Å²) in [5.74, 6) is 2.64. The van der Waals surface area contributed by atoms with E-state index in [1.54, 1.807) is 40.6 Å². The van der Waals surface area contributed by atoms with E-state index in [2.05, 4.69) is 15.8 Å². The molecule has 150 valence electrons. The van der Waals surface area contributed by atoms with Crippen molar-refractivity contribution >= 4 is 28.7 Å². The Labute approximate surface area is 170 Å². The van der Waals surface area contributed by atoms with Crippen molar-refractivity contribution in [3.05, 3.63) is 42.0 Å². The van der Waals surface area contributed by atoms with Gasteiger partial charge in [-0.05, 0) is 49.0 Å². The second-order valence-corrected chi connectivity index (χ2v) is 6.26. The Balaban J connectivity index is 1.96. The standard InChI is InChI=1S/C20H25N3O4S/c1-13(10-14-6-8-16(24-2)18(11-14)26-4)22-23-20(28)21-15-7-9-17(25-3)19(12-15)27-5/h6-9,11-12H,10H2,1-5H3,(H2,21,23,28)/b22-13-. The van der Waals surface area contributed by atoms with Crippen LogP contribution >= 0.6 is 12.2 Å². The van der Waals surface area contributed by atoms with Gasteiger partial charge in [-0.15, -0.1) is 0 Å². The summed E-state index contributed by atoms with van der Waals surface area (Å²) in [5.41, 5.74) is 5.53. The highest BCUT2D eigenvalue weighted by atomic mass is 32.1. The minimum absolute atomic E-state index is 0.374. The molecule has 7 nitrogen and oxygen atoms in total. The number of rotatable bonds is 8. The molecule has 2 N–H and O–H groups in total. The van der Waals surface area contributed by atoms with Crippen LogP contribution in [0.2, 0.25) is 0 Å². The lowest BCUT2D eigenvalue weighted by Crippen LogP contribution is -2.25. The molecule has 0 heterocycles. The summed E-state index contributed by atoms with van der Waals surface area (Å²) in [5, 5.41) is 7.76. The van der Waals surface area contributed by atoms with Crippen LogP contribution in [0.5, 0.6) is 23.0 Å². The number of thiocarbonyl (C=S) groups is 1. The molecule has 2 rings (SSSR count). The van der Waals surface area contributed by atoms with Gasteiger partial charge in [-0.2, -0.15) is 5.10 Å². The van der Waals surface area contributed by atoms with Gasteiger partial charge in [0.25, 0.3) is 0 Å². The van der Waals surface area contributed by atoms with Gasteiger partial charge in [0.2, 0.25) is 0 Å². The lowest BCUT2D eigenvalue weighted by atomic mass is 10.1. The Hall–Kier alpha value is -3.00. The van der Waals surface area contributed by atoms with Gasteiger partial charge in [0.05, 0.1) is 28.4 Å². The van der Waals surface area contributed by atoms with E-state index >= 15 is 0 Å². The lowest BCUT2D eigenvalue weighted by molar-refractivity contribution is 0.354. The van der Waals surface area contributed by atoms with Crippen molar-refractivity contribution in [2.24, 2.45) is 5.10 Å². The van der Waals surface area contributed by atoms with Crippen LogP contribution in [-0.2, 0) is 6.42 Å². The first-order chi connectivity index (χ1) is 13.5. The number of benzene rings is 2. The number of hydrogen-bond donors (Lipinski definition) is 2. The minimum Gasteiger partial charge on any atom is -0.493 e. The molecule has 0 radical (unpaired) electrons. The summed E-state index contributed by atoms with van der Waals surface area (Å²) >= 11 is 5.29. The van der Waals surface area contributed by atoms with Crippen LogP contribution in [0.4, 0.5) is 5.69 Å². The molecule has 0 aliphatic heterocycles. The van der Waals surface area contributed by atoms with Crippen molar-refractivity contribution in [3.63, 3.8) is 0 Å². The Morgan fingerprint density at radius 1 is 0.857 bits per heavy atom. The molecule has 0 fully saturated rings. The van der Waals surface area contributed by atoms with E-state index in [-0.39, 0.29) is 0 Å². The number of ether oxygens (including phenoxy) is 4. The van der Waals surface area contributed by atoms with Crippen molar-refractivity contribution in [2.75, 3.05) is 33.8 Å². The van der Waals surface area contributed by atoms with Crippen LogP contribution in [0, 0.1) is 0 Å². The number of hydrogen-bond acceptors (Lipinski definition) is 6. The maximum Gasteiger partial charge on any atom is 0.191 e. The number of nitrogens with zero attached hydrogens (tertiary/aromatic N) is 1. The van der Waals surface area contributed by atoms with Gasteiger partial charge >= 0.3 is 0 Å². The first-order valence-electron chi connectivity index (χ1n) is 8.53. The number of nitrogens with one attached hydrogen (secondary N) is 2. The monoisotopic (exact) mass is 403 g/mol. The fourth-order valence-corrected chi connectivity index (χ4v) is 2.71. The topological polar surface area (TPSA) is 73.3 Å². The summed E-state index contributed by atoms with van der Waals surface area (Å²) in [6, 6.07) is 11.2. The molecule has 2 aromatic rings. The molecule has 0 unspecified atom stereocenters. The molecular weight excluding hydrogens is 378 g/mol. The zero-order valence-corrected chi connectivity index (χ0v) is 17.5. The van der Waals surface area contributed by atoms with E-state index < -0.39 is 0 Å². The van der Waals surface area contributed by atoms with Crippen molar-refractivity contribution in [1.29, 1.82) is 0 Å². The van der Waals surface area contributed by atoms with Gasteiger partial charge in [0.1, 0.15) is 0 Å². The molecule has 0 bridgehead atoms. The summed E-state index contributed by atoms with van der Waals surface area (Å²) < 4.78 is 21.1. The van der Waals surface area contributed by atoms with Crippen molar-refractivity contribution in [1.82, 2.24) is 5.43 Å². The Bertz CT molecular complexity index is 855. The number of methoxy groups -OCH3 is 4. The van der Waals surface area contributed by atoms with E-state index in [1.165, 1.54) is 0 Å². The van der Waals surface area contributed by atoms with Gasteiger partial charge < -0.3 is 24.3 Å². The second-order valence-electron chi connectivity index (χ2n) is 5.85. The highest BCUT2D eigenvalue weighted by Crippen LogP contribution is 2.30. The van der Waals surface area contributed by atoms with E-state index in [9.17, 15) is 0 Å². The van der Waals surface area contributed by atoms with Crippen molar-refractivity contribution in [3.8, 4) is 23.0 Å². The lowest BCUT2D eigenvalue weighted by Gasteiger charge is -2.12. The average molecular weight is 404 g/mol. The van der Waals surface area contributed by atoms with Gasteiger partial charge in [-0.3, -0.25) is 5.43 Å². The Morgan fingerprint density at radius 3 is 2.04 bits per heavy atom. The van der Waals surface area contributed by atoms with Crippen LogP contribution < -0.4 is 29.7 Å². The second kappa shape index (κ2) is 10.4. The zero-order chi connectivity index (χ0) is 20.5. The van der Waals surface area contributed by atoms with Gasteiger partial charge in [-0.1, -0.05) is 6.07 Å². The predicted octanol–water partition coefficient (Wildman–Crippen LogP) is 3.63. The van der Waals surface area contributed by atoms with Crippen molar-refractivity contribution in [2.45, 2.75) is 13.3 Å². The first kappa shape index (κ1) is 21.3. The predicted molar refractivity (Wildman–Crippen MR) is 115 cm³/mol. The molecule has 8 heteroatoms. The summed E-state index contributed by atoms with van der Waals surface area (Å²) in [4.78, 5) is 0. The first-order valence-corrected chi connectivity index (χ1v) is 8.94. The Kier molecular flexibility index (Phi) is 7.88. The SMILES string of the molecule is COc1ccc(C/C(C)=N\NC(=S)Nc2ccc(OC)c(OC)c2)cc1OC. The molecule has 0 saturated carbocycles. The minimum atomic E-state index is 0.374. The fourth-order valence-electron chi connectivity index (χ4n) is 2.54. The third kappa shape index (κ3) is 5.75. The maximum absolute atomic E-state index is 5.33. The third-order valence-corrected chi connectivity index (χ3v) is 4.09. The van der Waals surface area contributed by atoms with E-state index in [4.69, 9.17) is 31.2 Å². The van der Waals surface area contributed by atoms with Crippen LogP contribution in [0.25, 0.3) is 0 Å². The smallest absolute Gasteiger partial charge is 0.191 e. The van der Waals surface area contributed by atoms with Crippen LogP contribution in [0.1, 0.15) is 12.5 Å². The number of anilines is 1. The molecule has 0 amide bonds. The zero-order valence-electron chi connectivity index (χ0n) is 16.7. The molecule has 2 aromatic carbocycles. The molecule has 28 heavy (non-hydrogen) atoms. The van der Waals surface area contributed by atoms with Gasteiger partial charge in [-0.25, -0.2) is 0 Å². The summed E-state index contributed by atoms with van der Waals surface area (Å²) in [6.07, 6.45) is 0.645. The average Bonchev–Trinajstić information content (AvgIpc) is 2.72. The normalized spacial score (nSPS) is 10.8. The van der Waals surface area contributed by atoms with Crippen LogP contribution in [0.3, 0.4) is 0 Å². The highest BCUT2D eigenvalue weighted by molar-refractivity contribution is 7.80. The third-order valence-electron chi connectivity index (χ3n) is 3.90. The highest BCUT2D eigenvalue weighted by Gasteiger charge is 2.07.